The molecule has 0 amide bonds. The molecule has 1 N–H and O–H groups in total. The van der Waals surface area contributed by atoms with Crippen molar-refractivity contribution in [1.29, 1.82) is 0 Å². The van der Waals surface area contributed by atoms with Crippen molar-refractivity contribution in [3.63, 3.8) is 0 Å². The first-order chi connectivity index (χ1) is 8.04. The van der Waals surface area contributed by atoms with E-state index in [-0.39, 0.29) is 5.54 Å². The van der Waals surface area contributed by atoms with E-state index in [1.165, 1.54) is 0 Å². The third kappa shape index (κ3) is 2.87. The van der Waals surface area contributed by atoms with Gasteiger partial charge in [0.2, 0.25) is 0 Å². The Morgan fingerprint density at radius 3 is 2.88 bits per heavy atom. The Morgan fingerprint density at radius 2 is 2.18 bits per heavy atom. The number of halogens is 2. The molecule has 1 saturated heterocycles. The minimum atomic E-state index is 0.157. The summed E-state index contributed by atoms with van der Waals surface area (Å²) >= 11 is 12.3. The van der Waals surface area contributed by atoms with E-state index < -0.39 is 0 Å². The van der Waals surface area contributed by atoms with Crippen LogP contribution in [-0.4, -0.2) is 25.2 Å². The molecule has 1 unspecified atom stereocenters. The van der Waals surface area contributed by atoms with Crippen LogP contribution in [0.1, 0.15) is 20.3 Å². The van der Waals surface area contributed by atoms with E-state index in [4.69, 9.17) is 23.2 Å². The van der Waals surface area contributed by atoms with E-state index in [1.807, 2.05) is 18.2 Å². The average Bonchev–Trinajstić information content (AvgIpc) is 2.32. The molecule has 0 aliphatic carbocycles. The van der Waals surface area contributed by atoms with Crippen molar-refractivity contribution in [3.8, 4) is 0 Å². The normalized spacial score (nSPS) is 25.1. The number of nitrogens with one attached hydrogen (secondary N) is 1. The van der Waals surface area contributed by atoms with E-state index in [1.54, 1.807) is 0 Å². The molecule has 1 aliphatic heterocycles. The first kappa shape index (κ1) is 13.0. The van der Waals surface area contributed by atoms with Crippen LogP contribution in [0, 0.1) is 0 Å². The van der Waals surface area contributed by atoms with E-state index >= 15 is 0 Å². The number of anilines is 1. The number of hydrogen-bond donors (Lipinski definition) is 1. The highest BCUT2D eigenvalue weighted by Gasteiger charge is 2.29. The van der Waals surface area contributed by atoms with Gasteiger partial charge in [0.05, 0.1) is 10.7 Å². The molecule has 1 aromatic carbocycles. The first-order valence-corrected chi connectivity index (χ1v) is 6.75. The molecular weight excluding hydrogens is 255 g/mol. The lowest BCUT2D eigenvalue weighted by molar-refractivity contribution is 0.314. The summed E-state index contributed by atoms with van der Waals surface area (Å²) < 4.78 is 0. The second-order valence-electron chi connectivity index (χ2n) is 4.86. The van der Waals surface area contributed by atoms with Crippen LogP contribution in [0.25, 0.3) is 0 Å². The van der Waals surface area contributed by atoms with Gasteiger partial charge in [-0.2, -0.15) is 0 Å². The van der Waals surface area contributed by atoms with Gasteiger partial charge in [-0.25, -0.2) is 0 Å². The van der Waals surface area contributed by atoms with Crippen LogP contribution in [0.3, 0.4) is 0 Å². The molecule has 2 nitrogen and oxygen atoms in total. The lowest BCUT2D eigenvalue weighted by atomic mass is 9.95. The Hall–Kier alpha value is -0.440. The Kier molecular flexibility index (Phi) is 3.86. The topological polar surface area (TPSA) is 15.3 Å². The zero-order valence-corrected chi connectivity index (χ0v) is 11.8. The van der Waals surface area contributed by atoms with Gasteiger partial charge in [0, 0.05) is 30.2 Å². The highest BCUT2D eigenvalue weighted by atomic mass is 35.5. The van der Waals surface area contributed by atoms with E-state index in [9.17, 15) is 0 Å². The fourth-order valence-electron chi connectivity index (χ4n) is 2.22. The van der Waals surface area contributed by atoms with Crippen molar-refractivity contribution in [1.82, 2.24) is 5.32 Å². The van der Waals surface area contributed by atoms with Crippen LogP contribution in [0.4, 0.5) is 5.69 Å². The highest BCUT2D eigenvalue weighted by Crippen LogP contribution is 2.31. The van der Waals surface area contributed by atoms with Gasteiger partial charge in [-0.1, -0.05) is 30.1 Å². The van der Waals surface area contributed by atoms with Gasteiger partial charge in [-0.15, -0.1) is 0 Å². The smallest absolute Gasteiger partial charge is 0.0640 e. The van der Waals surface area contributed by atoms with E-state index in [0.717, 1.165) is 41.8 Å². The fourth-order valence-corrected chi connectivity index (χ4v) is 2.62. The van der Waals surface area contributed by atoms with Gasteiger partial charge in [-0.3, -0.25) is 0 Å². The van der Waals surface area contributed by atoms with Crippen molar-refractivity contribution in [2.45, 2.75) is 25.8 Å². The van der Waals surface area contributed by atoms with Crippen LogP contribution in [0.15, 0.2) is 18.2 Å². The summed E-state index contributed by atoms with van der Waals surface area (Å²) in [7, 11) is 0. The average molecular weight is 273 g/mol. The summed E-state index contributed by atoms with van der Waals surface area (Å²) in [5, 5.41) is 5.07. The molecular formula is C13H18Cl2N2. The number of piperazine rings is 1. The van der Waals surface area contributed by atoms with E-state index in [2.05, 4.69) is 24.1 Å². The molecule has 17 heavy (non-hydrogen) atoms. The summed E-state index contributed by atoms with van der Waals surface area (Å²) in [6, 6.07) is 5.64. The Bertz CT molecular complexity index is 408. The molecule has 1 heterocycles. The summed E-state index contributed by atoms with van der Waals surface area (Å²) in [4.78, 5) is 2.31. The highest BCUT2D eigenvalue weighted by molar-refractivity contribution is 6.35. The van der Waals surface area contributed by atoms with Crippen molar-refractivity contribution in [3.05, 3.63) is 28.2 Å². The van der Waals surface area contributed by atoms with Gasteiger partial charge in [0.1, 0.15) is 0 Å². The zero-order valence-electron chi connectivity index (χ0n) is 10.3. The number of rotatable bonds is 2. The maximum atomic E-state index is 6.25. The maximum Gasteiger partial charge on any atom is 0.0640 e. The minimum Gasteiger partial charge on any atom is -0.367 e. The molecule has 1 aromatic rings. The largest absolute Gasteiger partial charge is 0.367 e. The number of nitrogens with zero attached hydrogens (tertiary/aromatic N) is 1. The molecule has 0 spiro atoms. The molecule has 1 fully saturated rings. The predicted molar refractivity (Wildman–Crippen MR) is 75.4 cm³/mol. The molecule has 0 saturated carbocycles. The second-order valence-corrected chi connectivity index (χ2v) is 5.70. The molecule has 1 aliphatic rings. The SMILES string of the molecule is CCC1(C)CN(c2cc(Cl)ccc2Cl)CCN1. The third-order valence-corrected chi connectivity index (χ3v) is 4.06. The van der Waals surface area contributed by atoms with Crippen molar-refractivity contribution < 1.29 is 0 Å². The number of benzene rings is 1. The zero-order chi connectivity index (χ0) is 12.5. The maximum absolute atomic E-state index is 6.25. The number of hydrogen-bond acceptors (Lipinski definition) is 2. The van der Waals surface area contributed by atoms with Gasteiger partial charge >= 0.3 is 0 Å². The van der Waals surface area contributed by atoms with Crippen LogP contribution in [0.2, 0.25) is 10.0 Å². The van der Waals surface area contributed by atoms with Crippen LogP contribution in [-0.2, 0) is 0 Å². The molecule has 4 heteroatoms. The quantitative estimate of drug-likeness (QED) is 0.886. The fraction of sp³-hybridized carbons (Fsp3) is 0.538. The Morgan fingerprint density at radius 1 is 1.41 bits per heavy atom. The summed E-state index contributed by atoms with van der Waals surface area (Å²) in [6.45, 7) is 7.36. The van der Waals surface area contributed by atoms with Gasteiger partial charge in [-0.05, 0) is 31.5 Å². The lowest BCUT2D eigenvalue weighted by Crippen LogP contribution is -2.58. The molecule has 0 radical (unpaired) electrons. The molecule has 1 atom stereocenters. The van der Waals surface area contributed by atoms with Crippen molar-refractivity contribution in [2.75, 3.05) is 24.5 Å². The van der Waals surface area contributed by atoms with E-state index in [0.29, 0.717) is 0 Å². The second kappa shape index (κ2) is 5.05. The molecule has 0 aromatic heterocycles. The summed E-state index contributed by atoms with van der Waals surface area (Å²) in [5.74, 6) is 0. The first-order valence-electron chi connectivity index (χ1n) is 5.99. The molecule has 2 rings (SSSR count). The lowest BCUT2D eigenvalue weighted by Gasteiger charge is -2.42. The monoisotopic (exact) mass is 272 g/mol. The Labute approximate surface area is 113 Å². The predicted octanol–water partition coefficient (Wildman–Crippen LogP) is 3.57. The molecule has 94 valence electrons. The third-order valence-electron chi connectivity index (χ3n) is 3.50. The van der Waals surface area contributed by atoms with Crippen LogP contribution in [0.5, 0.6) is 0 Å². The Balaban J connectivity index is 2.24. The van der Waals surface area contributed by atoms with Crippen LogP contribution >= 0.6 is 23.2 Å². The van der Waals surface area contributed by atoms with Crippen molar-refractivity contribution in [2.24, 2.45) is 0 Å². The summed E-state index contributed by atoms with van der Waals surface area (Å²) in [6.07, 6.45) is 1.10. The minimum absolute atomic E-state index is 0.157. The van der Waals surface area contributed by atoms with Crippen molar-refractivity contribution >= 4 is 28.9 Å². The standard InChI is InChI=1S/C13H18Cl2N2/c1-3-13(2)9-17(7-6-16-13)12-8-10(14)4-5-11(12)15/h4-5,8,16H,3,6-7,9H2,1-2H3. The van der Waals surface area contributed by atoms with Gasteiger partial charge < -0.3 is 10.2 Å². The summed E-state index contributed by atoms with van der Waals surface area (Å²) in [5.41, 5.74) is 1.20. The van der Waals surface area contributed by atoms with Crippen LogP contribution < -0.4 is 10.2 Å². The van der Waals surface area contributed by atoms with Gasteiger partial charge in [0.15, 0.2) is 0 Å². The molecule has 0 bridgehead atoms. The van der Waals surface area contributed by atoms with Gasteiger partial charge in [0.25, 0.3) is 0 Å².